The van der Waals surface area contributed by atoms with Gasteiger partial charge in [-0.25, -0.2) is 9.67 Å². The predicted octanol–water partition coefficient (Wildman–Crippen LogP) is -1.66. The number of hydrogen-bond acceptors (Lipinski definition) is 5. The number of nitrogens with zero attached hydrogens (tertiary/aromatic N) is 6. The lowest BCUT2D eigenvalue weighted by molar-refractivity contribution is 0.122. The number of ether oxygens (including phenoxy) is 1. The highest BCUT2D eigenvalue weighted by Crippen LogP contribution is 2.19. The molecule has 1 aliphatic rings. The standard InChI is InChI=1S/C13H12BN6O.Al/c14-10-9-19-12(18-4-6-21-7-5-18)8-11(17-13(19)16-10)20-3-1-2-15-20;/h1,3,8-9H,4-7H2;. The van der Waals surface area contributed by atoms with Crippen LogP contribution >= 0.6 is 0 Å². The van der Waals surface area contributed by atoms with Crippen molar-refractivity contribution in [1.82, 2.24) is 24.1 Å². The number of rotatable bonds is 2. The molecule has 1 fully saturated rings. The minimum absolute atomic E-state index is 0.450. The Morgan fingerprint density at radius 1 is 1.23 bits per heavy atom. The van der Waals surface area contributed by atoms with Gasteiger partial charge in [0, 0.05) is 37.1 Å². The van der Waals surface area contributed by atoms with Gasteiger partial charge < -0.3 is 9.64 Å². The number of anilines is 1. The van der Waals surface area contributed by atoms with Crippen LogP contribution in [0, 0.1) is 0 Å². The Hall–Kier alpha value is -1.81. The van der Waals surface area contributed by atoms with Crippen LogP contribution in [-0.2, 0) is 4.74 Å². The lowest BCUT2D eigenvalue weighted by Gasteiger charge is -2.29. The molecule has 0 aliphatic carbocycles. The first kappa shape index (κ1) is 13.8. The van der Waals surface area contributed by atoms with Crippen LogP contribution in [0.3, 0.4) is 0 Å². The first-order chi connectivity index (χ1) is 10.7. The Balaban J connectivity index is 1.88. The number of morpholine rings is 1. The molecule has 7 nitrogen and oxygen atoms in total. The van der Waals surface area contributed by atoms with Crippen LogP contribution in [0.25, 0.3) is 11.6 Å². The van der Waals surface area contributed by atoms with Gasteiger partial charge in [0.1, 0.15) is 13.7 Å². The smallest absolute Gasteiger partial charge is 0.236 e. The summed E-state index contributed by atoms with van der Waals surface area (Å²) in [7, 11) is 5.84. The number of imidazole rings is 1. The maximum absolute atomic E-state index is 5.84. The van der Waals surface area contributed by atoms with E-state index in [1.165, 1.54) is 0 Å². The molecule has 0 bridgehead atoms. The fourth-order valence-corrected chi connectivity index (χ4v) is 2.78. The van der Waals surface area contributed by atoms with Crippen molar-refractivity contribution in [3.05, 3.63) is 24.5 Å². The quantitative estimate of drug-likeness (QED) is 0.530. The second-order valence-electron chi connectivity index (χ2n) is 5.09. The summed E-state index contributed by atoms with van der Waals surface area (Å²) in [6.07, 6.45) is 3.66. The summed E-state index contributed by atoms with van der Waals surface area (Å²) in [5, 5.41) is 4.39. The molecule has 0 unspecified atom stereocenters. The van der Waals surface area contributed by atoms with Crippen LogP contribution in [0.15, 0.2) is 24.5 Å². The van der Waals surface area contributed by atoms with Gasteiger partial charge in [-0.05, 0) is 10.6 Å². The van der Waals surface area contributed by atoms with Crippen molar-refractivity contribution in [1.29, 1.82) is 0 Å². The summed E-state index contributed by atoms with van der Waals surface area (Å²) in [4.78, 5) is 11.1. The summed E-state index contributed by atoms with van der Waals surface area (Å²) in [5.41, 5.74) is 0.450. The lowest BCUT2D eigenvalue weighted by atomic mass is 10.1. The topological polar surface area (TPSA) is 60.5 Å². The molecule has 0 N–H and O–H groups in total. The number of hydrogen-bond donors (Lipinski definition) is 0. The molecule has 3 aromatic rings. The van der Waals surface area contributed by atoms with Gasteiger partial charge in [-0.2, -0.15) is 10.1 Å². The molecule has 4 heterocycles. The van der Waals surface area contributed by atoms with Crippen LogP contribution in [0.4, 0.5) is 5.82 Å². The summed E-state index contributed by atoms with van der Waals surface area (Å²) in [6.45, 7) is 3.07. The van der Waals surface area contributed by atoms with Crippen molar-refractivity contribution in [3.63, 3.8) is 0 Å². The zero-order chi connectivity index (χ0) is 15.1. The van der Waals surface area contributed by atoms with Gasteiger partial charge in [-0.15, -0.1) is 0 Å². The van der Waals surface area contributed by atoms with E-state index in [0.717, 1.165) is 23.5 Å². The molecular weight excluding hydrogens is 294 g/mol. The molecule has 0 atom stereocenters. The van der Waals surface area contributed by atoms with E-state index in [1.54, 1.807) is 10.9 Å². The van der Waals surface area contributed by atoms with Gasteiger partial charge in [0.15, 0.2) is 5.82 Å². The predicted molar refractivity (Wildman–Crippen MR) is 83.9 cm³/mol. The van der Waals surface area contributed by atoms with E-state index >= 15 is 0 Å². The van der Waals surface area contributed by atoms with Crippen LogP contribution in [0.2, 0.25) is 0 Å². The number of fused-ring (bicyclic) bond motifs is 1. The minimum Gasteiger partial charge on any atom is -0.378 e. The largest absolute Gasteiger partial charge is 0.378 e. The molecule has 9 heteroatoms. The molecule has 0 aromatic carbocycles. The van der Waals surface area contributed by atoms with Gasteiger partial charge in [0.25, 0.3) is 0 Å². The molecule has 1 aliphatic heterocycles. The third-order valence-corrected chi connectivity index (χ3v) is 3.91. The Morgan fingerprint density at radius 3 is 2.77 bits per heavy atom. The van der Waals surface area contributed by atoms with E-state index in [2.05, 4.69) is 36.3 Å². The zero-order valence-corrected chi connectivity index (χ0v) is 13.0. The Morgan fingerprint density at radius 2 is 2.05 bits per heavy atom. The van der Waals surface area contributed by atoms with Crippen LogP contribution in [-0.4, -0.2) is 74.6 Å². The van der Waals surface area contributed by atoms with Crippen LogP contribution in [0.1, 0.15) is 0 Å². The molecule has 22 heavy (non-hydrogen) atoms. The second kappa shape index (κ2) is 5.43. The maximum Gasteiger partial charge on any atom is 0.236 e. The van der Waals surface area contributed by atoms with Crippen LogP contribution < -0.4 is 15.0 Å². The maximum atomic E-state index is 5.84. The van der Waals surface area contributed by atoms with Gasteiger partial charge in [0.2, 0.25) is 22.1 Å². The van der Waals surface area contributed by atoms with Crippen molar-refractivity contribution in [2.75, 3.05) is 31.2 Å². The molecule has 3 aromatic heterocycles. The molecule has 0 saturated carbocycles. The van der Waals surface area contributed by atoms with Crippen molar-refractivity contribution < 1.29 is 4.74 Å². The first-order valence-corrected chi connectivity index (χ1v) is 7.58. The third-order valence-electron chi connectivity index (χ3n) is 3.61. The molecule has 4 rings (SSSR count). The van der Waals surface area contributed by atoms with Gasteiger partial charge >= 0.3 is 0 Å². The Bertz CT molecular complexity index is 825. The Kier molecular flexibility index (Phi) is 3.41. The highest BCUT2D eigenvalue weighted by molar-refractivity contribution is 6.31. The van der Waals surface area contributed by atoms with Crippen LogP contribution in [0.5, 0.6) is 0 Å². The molecule has 0 amide bonds. The molecule has 1 saturated heterocycles. The minimum atomic E-state index is 0.450. The van der Waals surface area contributed by atoms with Gasteiger partial charge in [-0.3, -0.25) is 4.40 Å². The monoisotopic (exact) mass is 306 g/mol. The molecular formula is C13H12AlBN6O. The van der Waals surface area contributed by atoms with E-state index in [0.29, 0.717) is 30.4 Å². The van der Waals surface area contributed by atoms with E-state index in [-0.39, 0.29) is 0 Å². The normalized spacial score (nSPS) is 15.5. The highest BCUT2D eigenvalue weighted by Gasteiger charge is 2.17. The van der Waals surface area contributed by atoms with E-state index in [4.69, 9.17) is 12.6 Å². The van der Waals surface area contributed by atoms with E-state index < -0.39 is 0 Å². The third kappa shape index (κ3) is 2.41. The molecule has 106 valence electrons. The van der Waals surface area contributed by atoms with Gasteiger partial charge in [0.05, 0.1) is 13.2 Å². The van der Waals surface area contributed by atoms with Crippen molar-refractivity contribution in [2.24, 2.45) is 0 Å². The van der Waals surface area contributed by atoms with Gasteiger partial charge in [-0.1, -0.05) is 0 Å². The first-order valence-electron chi connectivity index (χ1n) is 7.00. The lowest BCUT2D eigenvalue weighted by Crippen LogP contribution is -2.37. The summed E-state index contributed by atoms with van der Waals surface area (Å²) < 4.78 is 9.93. The van der Waals surface area contributed by atoms with Crippen molar-refractivity contribution in [3.8, 4) is 5.82 Å². The second-order valence-corrected chi connectivity index (χ2v) is 5.68. The fourth-order valence-electron chi connectivity index (χ4n) is 2.57. The molecule has 4 radical (unpaired) electrons. The SMILES string of the molecule is [B]c1cn2c(N3CCOCC3)cc(-n3cc[c]([Al])n3)nc2n1. The summed E-state index contributed by atoms with van der Waals surface area (Å²) in [5.74, 6) is 2.28. The Labute approximate surface area is 136 Å². The van der Waals surface area contributed by atoms with Crippen molar-refractivity contribution in [2.45, 2.75) is 0 Å². The average molecular weight is 306 g/mol. The van der Waals surface area contributed by atoms with Crippen molar-refractivity contribution >= 4 is 45.9 Å². The highest BCUT2D eigenvalue weighted by atomic mass is 27.0. The average Bonchev–Trinajstić information content (AvgIpc) is 3.11. The zero-order valence-electron chi connectivity index (χ0n) is 11.9. The summed E-state index contributed by atoms with van der Waals surface area (Å²) >= 11 is 2.57. The van der Waals surface area contributed by atoms with E-state index in [9.17, 15) is 0 Å². The number of aromatic nitrogens is 5. The van der Waals surface area contributed by atoms with E-state index in [1.807, 2.05) is 22.7 Å². The fraction of sp³-hybridized carbons (Fsp3) is 0.308. The molecule has 0 spiro atoms. The summed E-state index contributed by atoms with van der Waals surface area (Å²) in [6, 6.07) is 3.90.